The van der Waals surface area contributed by atoms with Crippen molar-refractivity contribution in [3.05, 3.63) is 29.3 Å². The summed E-state index contributed by atoms with van der Waals surface area (Å²) in [5.74, 6) is 1.01. The van der Waals surface area contributed by atoms with E-state index in [1.165, 1.54) is 0 Å². The minimum atomic E-state index is 0.180. The quantitative estimate of drug-likeness (QED) is 0.928. The van der Waals surface area contributed by atoms with Crippen molar-refractivity contribution in [2.24, 2.45) is 0 Å². The van der Waals surface area contributed by atoms with Crippen molar-refractivity contribution in [2.45, 2.75) is 31.4 Å². The molecule has 0 spiro atoms. The second-order valence-corrected chi connectivity index (χ2v) is 5.92. The normalized spacial score (nSPS) is 24.6. The lowest BCUT2D eigenvalue weighted by molar-refractivity contribution is -0.120. The number of hydrogen-bond donors (Lipinski definition) is 1. The Kier molecular flexibility index (Phi) is 4.13. The molecule has 1 aromatic rings. The molecule has 0 saturated carbocycles. The fraction of sp³-hybridized carbons (Fsp3) is 0.533. The summed E-state index contributed by atoms with van der Waals surface area (Å²) in [6.45, 7) is 2.66. The highest BCUT2D eigenvalue weighted by Gasteiger charge is 2.34. The highest BCUT2D eigenvalue weighted by atomic mass is 35.5. The van der Waals surface area contributed by atoms with Crippen molar-refractivity contribution < 1.29 is 9.53 Å². The van der Waals surface area contributed by atoms with E-state index in [1.54, 1.807) is 0 Å². The Bertz CT molecular complexity index is 489. The third-order valence-corrected chi connectivity index (χ3v) is 4.23. The number of rotatable bonds is 3. The third kappa shape index (κ3) is 3.25. The Morgan fingerprint density at radius 3 is 2.95 bits per heavy atom. The number of benzene rings is 1. The lowest BCUT2D eigenvalue weighted by Gasteiger charge is -2.43. The van der Waals surface area contributed by atoms with E-state index in [0.29, 0.717) is 17.5 Å². The molecule has 3 rings (SSSR count). The van der Waals surface area contributed by atoms with Crippen LogP contribution in [0.2, 0.25) is 5.02 Å². The topological polar surface area (TPSA) is 41.6 Å². The zero-order chi connectivity index (χ0) is 13.9. The number of nitrogens with one attached hydrogen (secondary N) is 1. The standard InChI is InChI=1S/C15H19ClN2O2/c16-11-2-1-3-13(8-11)20-14-9-18(10-14)12-4-5-15(19)17-7-6-12/h1-3,8,12,14H,4-7,9-10H2,(H,17,19). The number of nitrogens with zero attached hydrogens (tertiary/aromatic N) is 1. The molecule has 0 aromatic heterocycles. The summed E-state index contributed by atoms with van der Waals surface area (Å²) in [6, 6.07) is 8.03. The number of carbonyl (C=O) groups is 1. The van der Waals surface area contributed by atoms with E-state index in [9.17, 15) is 4.79 Å². The predicted octanol–water partition coefficient (Wildman–Crippen LogP) is 2.07. The van der Waals surface area contributed by atoms with Crippen LogP contribution in [-0.2, 0) is 4.79 Å². The third-order valence-electron chi connectivity index (χ3n) is 4.00. The van der Waals surface area contributed by atoms with Crippen LogP contribution in [0.25, 0.3) is 0 Å². The van der Waals surface area contributed by atoms with E-state index in [-0.39, 0.29) is 12.0 Å². The summed E-state index contributed by atoms with van der Waals surface area (Å²) in [5, 5.41) is 3.62. The van der Waals surface area contributed by atoms with Crippen LogP contribution in [0.15, 0.2) is 24.3 Å². The summed E-state index contributed by atoms with van der Waals surface area (Å²) in [5.41, 5.74) is 0. The molecule has 5 heteroatoms. The largest absolute Gasteiger partial charge is 0.488 e. The summed E-state index contributed by atoms with van der Waals surface area (Å²) in [6.07, 6.45) is 2.87. The first-order valence-corrected chi connectivity index (χ1v) is 7.51. The SMILES string of the molecule is O=C1CCC(N2CC(Oc3cccc(Cl)c3)C2)CCN1. The molecular weight excluding hydrogens is 276 g/mol. The van der Waals surface area contributed by atoms with Crippen molar-refractivity contribution in [1.29, 1.82) is 0 Å². The maximum atomic E-state index is 11.3. The van der Waals surface area contributed by atoms with Gasteiger partial charge in [-0.1, -0.05) is 17.7 Å². The lowest BCUT2D eigenvalue weighted by atomic mass is 10.0. The van der Waals surface area contributed by atoms with Gasteiger partial charge in [-0.2, -0.15) is 0 Å². The zero-order valence-corrected chi connectivity index (χ0v) is 12.1. The van der Waals surface area contributed by atoms with Gasteiger partial charge in [-0.25, -0.2) is 0 Å². The predicted molar refractivity (Wildman–Crippen MR) is 78.1 cm³/mol. The molecule has 1 unspecified atom stereocenters. The van der Waals surface area contributed by atoms with Crippen molar-refractivity contribution >= 4 is 17.5 Å². The van der Waals surface area contributed by atoms with E-state index >= 15 is 0 Å². The average molecular weight is 295 g/mol. The zero-order valence-electron chi connectivity index (χ0n) is 11.3. The average Bonchev–Trinajstić information content (AvgIpc) is 2.58. The molecule has 108 valence electrons. The van der Waals surface area contributed by atoms with Gasteiger partial charge in [0.25, 0.3) is 0 Å². The number of ether oxygens (including phenoxy) is 1. The van der Waals surface area contributed by atoms with Crippen molar-refractivity contribution in [2.75, 3.05) is 19.6 Å². The Balaban J connectivity index is 1.47. The van der Waals surface area contributed by atoms with Gasteiger partial charge in [0.05, 0.1) is 0 Å². The number of amides is 1. The van der Waals surface area contributed by atoms with Crippen LogP contribution in [0, 0.1) is 0 Å². The van der Waals surface area contributed by atoms with E-state index in [1.807, 2.05) is 24.3 Å². The molecule has 1 aromatic carbocycles. The molecule has 2 heterocycles. The monoisotopic (exact) mass is 294 g/mol. The van der Waals surface area contributed by atoms with Gasteiger partial charge < -0.3 is 10.1 Å². The van der Waals surface area contributed by atoms with E-state index in [2.05, 4.69) is 10.2 Å². The van der Waals surface area contributed by atoms with Gasteiger partial charge in [0, 0.05) is 37.1 Å². The number of halogens is 1. The summed E-state index contributed by atoms with van der Waals surface area (Å²) in [7, 11) is 0. The van der Waals surface area contributed by atoms with Crippen molar-refractivity contribution in [3.63, 3.8) is 0 Å². The summed E-state index contributed by atoms with van der Waals surface area (Å²) in [4.78, 5) is 13.7. The molecule has 1 N–H and O–H groups in total. The van der Waals surface area contributed by atoms with Gasteiger partial charge in [0.2, 0.25) is 5.91 Å². The van der Waals surface area contributed by atoms with Crippen LogP contribution in [-0.4, -0.2) is 42.6 Å². The van der Waals surface area contributed by atoms with E-state index in [0.717, 1.165) is 38.2 Å². The maximum Gasteiger partial charge on any atom is 0.220 e. The minimum absolute atomic E-state index is 0.180. The van der Waals surface area contributed by atoms with Crippen LogP contribution < -0.4 is 10.1 Å². The number of likely N-dealkylation sites (tertiary alicyclic amines) is 1. The van der Waals surface area contributed by atoms with Crippen molar-refractivity contribution in [1.82, 2.24) is 10.2 Å². The van der Waals surface area contributed by atoms with Crippen molar-refractivity contribution in [3.8, 4) is 5.75 Å². The molecular formula is C15H19ClN2O2. The van der Waals surface area contributed by atoms with E-state index < -0.39 is 0 Å². The van der Waals surface area contributed by atoms with Crippen LogP contribution in [0.1, 0.15) is 19.3 Å². The molecule has 0 aliphatic carbocycles. The minimum Gasteiger partial charge on any atom is -0.488 e. The number of hydrogen-bond acceptors (Lipinski definition) is 3. The molecule has 2 fully saturated rings. The van der Waals surface area contributed by atoms with Crippen LogP contribution >= 0.6 is 11.6 Å². The highest BCUT2D eigenvalue weighted by molar-refractivity contribution is 6.30. The lowest BCUT2D eigenvalue weighted by Crippen LogP contribution is -2.57. The second kappa shape index (κ2) is 6.02. The fourth-order valence-corrected chi connectivity index (χ4v) is 3.03. The molecule has 2 aliphatic heterocycles. The molecule has 4 nitrogen and oxygen atoms in total. The highest BCUT2D eigenvalue weighted by Crippen LogP contribution is 2.25. The molecule has 1 amide bonds. The fourth-order valence-electron chi connectivity index (χ4n) is 2.85. The van der Waals surface area contributed by atoms with Gasteiger partial charge in [0.1, 0.15) is 11.9 Å². The maximum absolute atomic E-state index is 11.3. The smallest absolute Gasteiger partial charge is 0.220 e. The Hall–Kier alpha value is -1.26. The molecule has 2 saturated heterocycles. The Labute approximate surface area is 124 Å². The summed E-state index contributed by atoms with van der Waals surface area (Å²) < 4.78 is 5.90. The first-order valence-electron chi connectivity index (χ1n) is 7.14. The van der Waals surface area contributed by atoms with Crippen LogP contribution in [0.5, 0.6) is 5.75 Å². The molecule has 0 radical (unpaired) electrons. The van der Waals surface area contributed by atoms with E-state index in [4.69, 9.17) is 16.3 Å². The van der Waals surface area contributed by atoms with Crippen LogP contribution in [0.3, 0.4) is 0 Å². The second-order valence-electron chi connectivity index (χ2n) is 5.48. The van der Waals surface area contributed by atoms with Crippen LogP contribution in [0.4, 0.5) is 0 Å². The Morgan fingerprint density at radius 2 is 2.15 bits per heavy atom. The molecule has 20 heavy (non-hydrogen) atoms. The van der Waals surface area contributed by atoms with Gasteiger partial charge in [-0.3, -0.25) is 9.69 Å². The first-order chi connectivity index (χ1) is 9.70. The Morgan fingerprint density at radius 1 is 1.30 bits per heavy atom. The number of carbonyl (C=O) groups excluding carboxylic acids is 1. The molecule has 2 aliphatic rings. The molecule has 1 atom stereocenters. The first kappa shape index (κ1) is 13.7. The van der Waals surface area contributed by atoms with Gasteiger partial charge >= 0.3 is 0 Å². The molecule has 0 bridgehead atoms. The summed E-state index contributed by atoms with van der Waals surface area (Å²) >= 11 is 5.94. The van der Waals surface area contributed by atoms with Gasteiger partial charge in [0.15, 0.2) is 0 Å². The van der Waals surface area contributed by atoms with Gasteiger partial charge in [-0.05, 0) is 31.0 Å². The van der Waals surface area contributed by atoms with Gasteiger partial charge in [-0.15, -0.1) is 0 Å².